The molecule has 0 bridgehead atoms. The monoisotopic (exact) mass is 342 g/mol. The van der Waals surface area contributed by atoms with Crippen molar-refractivity contribution in [3.05, 3.63) is 28.2 Å². The van der Waals surface area contributed by atoms with Crippen LogP contribution in [-0.4, -0.2) is 23.1 Å². The van der Waals surface area contributed by atoms with E-state index < -0.39 is 12.0 Å². The zero-order chi connectivity index (χ0) is 15.1. The number of hydrogen-bond acceptors (Lipinski definition) is 2. The predicted molar refractivity (Wildman–Crippen MR) is 82.2 cm³/mol. The number of urea groups is 1. The Bertz CT molecular complexity index is 491. The molecule has 5 nitrogen and oxygen atoms in total. The molecular weight excluding hydrogens is 324 g/mol. The van der Waals surface area contributed by atoms with Crippen molar-refractivity contribution in [2.75, 3.05) is 5.32 Å². The van der Waals surface area contributed by atoms with Gasteiger partial charge in [0.05, 0.1) is 11.3 Å². The summed E-state index contributed by atoms with van der Waals surface area (Å²) in [5.74, 6) is -1.08. The number of carboxylic acid groups (broad SMARTS) is 1. The smallest absolute Gasteiger partial charge is 0.337 e. The van der Waals surface area contributed by atoms with Gasteiger partial charge in [0.1, 0.15) is 0 Å². The van der Waals surface area contributed by atoms with Gasteiger partial charge < -0.3 is 15.7 Å². The van der Waals surface area contributed by atoms with E-state index in [0.717, 1.165) is 19.3 Å². The number of carbonyl (C=O) groups is 2. The van der Waals surface area contributed by atoms with Crippen LogP contribution in [0.4, 0.5) is 10.5 Å². The second kappa shape index (κ2) is 7.89. The average Bonchev–Trinajstić information content (AvgIpc) is 2.35. The van der Waals surface area contributed by atoms with Crippen LogP contribution in [0.1, 0.15) is 43.5 Å². The zero-order valence-electron chi connectivity index (χ0n) is 11.6. The van der Waals surface area contributed by atoms with Gasteiger partial charge in [0.25, 0.3) is 0 Å². The zero-order valence-corrected chi connectivity index (χ0v) is 13.2. The van der Waals surface area contributed by atoms with Gasteiger partial charge in [-0.3, -0.25) is 0 Å². The highest BCUT2D eigenvalue weighted by atomic mass is 79.9. The first-order valence-electron chi connectivity index (χ1n) is 6.54. The summed E-state index contributed by atoms with van der Waals surface area (Å²) in [6, 6.07) is 4.29. The third kappa shape index (κ3) is 5.21. The minimum absolute atomic E-state index is 0.0513. The van der Waals surface area contributed by atoms with Crippen molar-refractivity contribution in [2.24, 2.45) is 0 Å². The molecule has 1 rings (SSSR count). The number of rotatable bonds is 6. The minimum Gasteiger partial charge on any atom is -0.478 e. The van der Waals surface area contributed by atoms with E-state index in [4.69, 9.17) is 5.11 Å². The maximum atomic E-state index is 11.8. The van der Waals surface area contributed by atoms with E-state index in [-0.39, 0.29) is 17.3 Å². The van der Waals surface area contributed by atoms with Gasteiger partial charge in [0, 0.05) is 10.5 Å². The summed E-state index contributed by atoms with van der Waals surface area (Å²) in [5, 5.41) is 14.5. The summed E-state index contributed by atoms with van der Waals surface area (Å²) in [7, 11) is 0. The number of amides is 2. The van der Waals surface area contributed by atoms with Gasteiger partial charge in [0.15, 0.2) is 0 Å². The molecule has 1 unspecified atom stereocenters. The molecule has 0 heterocycles. The number of carbonyl (C=O) groups excluding carboxylic acids is 1. The van der Waals surface area contributed by atoms with Crippen LogP contribution in [0.5, 0.6) is 0 Å². The lowest BCUT2D eigenvalue weighted by atomic mass is 10.1. The van der Waals surface area contributed by atoms with Gasteiger partial charge in [-0.1, -0.05) is 35.7 Å². The lowest BCUT2D eigenvalue weighted by Crippen LogP contribution is -2.36. The molecule has 1 aromatic carbocycles. The van der Waals surface area contributed by atoms with Gasteiger partial charge in [-0.05, 0) is 31.5 Å². The first-order valence-corrected chi connectivity index (χ1v) is 7.33. The highest BCUT2D eigenvalue weighted by Crippen LogP contribution is 2.21. The molecule has 1 aromatic rings. The first kappa shape index (κ1) is 16.5. The topological polar surface area (TPSA) is 78.4 Å². The molecule has 0 spiro atoms. The molecule has 0 aliphatic heterocycles. The van der Waals surface area contributed by atoms with Crippen molar-refractivity contribution in [1.29, 1.82) is 0 Å². The standard InChI is InChI=1S/C14H19BrN2O3/c1-3-4-5-9(2)16-14(20)17-12-8-10(15)6-7-11(12)13(18)19/h6-9H,3-5H2,1-2H3,(H,18,19)(H2,16,17,20). The van der Waals surface area contributed by atoms with Crippen LogP contribution in [0.25, 0.3) is 0 Å². The van der Waals surface area contributed by atoms with Crippen LogP contribution in [0.2, 0.25) is 0 Å². The maximum Gasteiger partial charge on any atom is 0.337 e. The highest BCUT2D eigenvalue weighted by molar-refractivity contribution is 9.10. The van der Waals surface area contributed by atoms with Gasteiger partial charge in [-0.25, -0.2) is 9.59 Å². The number of aromatic carboxylic acids is 1. The van der Waals surface area contributed by atoms with E-state index in [9.17, 15) is 9.59 Å². The summed E-state index contributed by atoms with van der Waals surface area (Å²) < 4.78 is 0.705. The molecule has 2 amide bonds. The van der Waals surface area contributed by atoms with Crippen molar-refractivity contribution in [2.45, 2.75) is 39.2 Å². The molecule has 0 saturated heterocycles. The Morgan fingerprint density at radius 3 is 2.70 bits per heavy atom. The Morgan fingerprint density at radius 1 is 1.40 bits per heavy atom. The normalized spacial score (nSPS) is 11.8. The van der Waals surface area contributed by atoms with Crippen molar-refractivity contribution in [1.82, 2.24) is 5.32 Å². The fourth-order valence-electron chi connectivity index (χ4n) is 1.77. The minimum atomic E-state index is -1.08. The molecule has 0 aliphatic rings. The SMILES string of the molecule is CCCCC(C)NC(=O)Nc1cc(Br)ccc1C(=O)O. The van der Waals surface area contributed by atoms with E-state index >= 15 is 0 Å². The maximum absolute atomic E-state index is 11.8. The lowest BCUT2D eigenvalue weighted by molar-refractivity contribution is 0.0698. The van der Waals surface area contributed by atoms with E-state index in [2.05, 4.69) is 33.5 Å². The Labute approximate surface area is 126 Å². The quantitative estimate of drug-likeness (QED) is 0.734. The fourth-order valence-corrected chi connectivity index (χ4v) is 2.13. The van der Waals surface area contributed by atoms with Crippen LogP contribution in [-0.2, 0) is 0 Å². The number of carboxylic acids is 1. The summed E-state index contributed by atoms with van der Waals surface area (Å²) in [6.07, 6.45) is 3.01. The van der Waals surface area contributed by atoms with Crippen LogP contribution in [0.15, 0.2) is 22.7 Å². The molecule has 1 atom stereocenters. The van der Waals surface area contributed by atoms with Crippen molar-refractivity contribution in [3.8, 4) is 0 Å². The fraction of sp³-hybridized carbons (Fsp3) is 0.429. The second-order valence-corrected chi connectivity index (χ2v) is 5.55. The molecule has 6 heteroatoms. The molecule has 0 radical (unpaired) electrons. The highest BCUT2D eigenvalue weighted by Gasteiger charge is 2.14. The van der Waals surface area contributed by atoms with Gasteiger partial charge >= 0.3 is 12.0 Å². The number of nitrogens with one attached hydrogen (secondary N) is 2. The van der Waals surface area contributed by atoms with E-state index in [1.165, 1.54) is 6.07 Å². The van der Waals surface area contributed by atoms with E-state index in [1.54, 1.807) is 12.1 Å². The molecule has 0 aromatic heterocycles. The van der Waals surface area contributed by atoms with Crippen LogP contribution in [0, 0.1) is 0 Å². The molecule has 0 fully saturated rings. The van der Waals surface area contributed by atoms with Gasteiger partial charge in [-0.15, -0.1) is 0 Å². The van der Waals surface area contributed by atoms with Gasteiger partial charge in [-0.2, -0.15) is 0 Å². The number of hydrogen-bond donors (Lipinski definition) is 3. The molecule has 110 valence electrons. The summed E-state index contributed by atoms with van der Waals surface area (Å²) in [6.45, 7) is 4.02. The van der Waals surface area contributed by atoms with Gasteiger partial charge in [0.2, 0.25) is 0 Å². The number of benzene rings is 1. The Hall–Kier alpha value is -1.56. The largest absolute Gasteiger partial charge is 0.478 e. The third-order valence-electron chi connectivity index (χ3n) is 2.83. The van der Waals surface area contributed by atoms with E-state index in [0.29, 0.717) is 4.47 Å². The Morgan fingerprint density at radius 2 is 2.10 bits per heavy atom. The molecule has 0 saturated carbocycles. The molecule has 20 heavy (non-hydrogen) atoms. The van der Waals surface area contributed by atoms with Crippen LogP contribution in [0.3, 0.4) is 0 Å². The number of anilines is 1. The summed E-state index contributed by atoms with van der Waals surface area (Å²) in [5.41, 5.74) is 0.330. The summed E-state index contributed by atoms with van der Waals surface area (Å²) >= 11 is 3.26. The van der Waals surface area contributed by atoms with Crippen molar-refractivity contribution < 1.29 is 14.7 Å². The van der Waals surface area contributed by atoms with Crippen LogP contribution >= 0.6 is 15.9 Å². The molecule has 3 N–H and O–H groups in total. The summed E-state index contributed by atoms with van der Waals surface area (Å²) in [4.78, 5) is 22.9. The molecule has 0 aliphatic carbocycles. The van der Waals surface area contributed by atoms with Crippen molar-refractivity contribution >= 4 is 33.6 Å². The second-order valence-electron chi connectivity index (χ2n) is 4.64. The Balaban J connectivity index is 2.70. The first-order chi connectivity index (χ1) is 9.43. The molecular formula is C14H19BrN2O3. The average molecular weight is 343 g/mol. The number of halogens is 1. The third-order valence-corrected chi connectivity index (χ3v) is 3.32. The predicted octanol–water partition coefficient (Wildman–Crippen LogP) is 3.85. The van der Waals surface area contributed by atoms with Crippen molar-refractivity contribution in [3.63, 3.8) is 0 Å². The number of unbranched alkanes of at least 4 members (excludes halogenated alkanes) is 1. The Kier molecular flexibility index (Phi) is 6.51. The van der Waals surface area contributed by atoms with E-state index in [1.807, 2.05) is 6.92 Å². The van der Waals surface area contributed by atoms with Crippen LogP contribution < -0.4 is 10.6 Å². The lowest BCUT2D eigenvalue weighted by Gasteiger charge is -2.15.